The van der Waals surface area contributed by atoms with Gasteiger partial charge in [0.15, 0.2) is 0 Å². The standard InChI is InChI=1S/C13H20N2O2/c1-4-12(14)13(16)15-9(2)10-5-7-11(17-3)8-6-10/h5-9,12H,4,14H2,1-3H3,(H,15,16). The lowest BCUT2D eigenvalue weighted by Crippen LogP contribution is -2.41. The van der Waals surface area contributed by atoms with Crippen LogP contribution in [0.1, 0.15) is 31.9 Å². The number of hydrogen-bond acceptors (Lipinski definition) is 3. The monoisotopic (exact) mass is 236 g/mol. The Labute approximate surface area is 102 Å². The molecule has 0 fully saturated rings. The van der Waals surface area contributed by atoms with Crippen LogP contribution in [0.25, 0.3) is 0 Å². The van der Waals surface area contributed by atoms with Crippen LogP contribution in [-0.2, 0) is 4.79 Å². The Morgan fingerprint density at radius 1 is 1.41 bits per heavy atom. The van der Waals surface area contributed by atoms with Crippen LogP contribution in [-0.4, -0.2) is 19.1 Å². The summed E-state index contributed by atoms with van der Waals surface area (Å²) < 4.78 is 5.08. The van der Waals surface area contributed by atoms with Crippen molar-refractivity contribution in [2.75, 3.05) is 7.11 Å². The maximum atomic E-state index is 11.6. The van der Waals surface area contributed by atoms with Gasteiger partial charge in [0, 0.05) is 0 Å². The van der Waals surface area contributed by atoms with Crippen LogP contribution in [0.4, 0.5) is 0 Å². The van der Waals surface area contributed by atoms with Gasteiger partial charge in [-0.15, -0.1) is 0 Å². The molecular weight excluding hydrogens is 216 g/mol. The lowest BCUT2D eigenvalue weighted by atomic mass is 10.1. The van der Waals surface area contributed by atoms with Crippen LogP contribution in [0.5, 0.6) is 5.75 Å². The predicted octanol–water partition coefficient (Wildman–Crippen LogP) is 1.61. The molecule has 3 N–H and O–H groups in total. The van der Waals surface area contributed by atoms with Crippen molar-refractivity contribution in [3.63, 3.8) is 0 Å². The molecule has 1 rings (SSSR count). The van der Waals surface area contributed by atoms with E-state index < -0.39 is 6.04 Å². The summed E-state index contributed by atoms with van der Waals surface area (Å²) >= 11 is 0. The Bertz CT molecular complexity index is 362. The number of nitrogens with one attached hydrogen (secondary N) is 1. The predicted molar refractivity (Wildman–Crippen MR) is 67.8 cm³/mol. The van der Waals surface area contributed by atoms with E-state index in [0.717, 1.165) is 11.3 Å². The first kappa shape index (κ1) is 13.5. The summed E-state index contributed by atoms with van der Waals surface area (Å²) in [5, 5.41) is 2.88. The highest BCUT2D eigenvalue weighted by molar-refractivity contribution is 5.81. The molecule has 0 aliphatic carbocycles. The van der Waals surface area contributed by atoms with Crippen LogP contribution < -0.4 is 15.8 Å². The van der Waals surface area contributed by atoms with Crippen LogP contribution >= 0.6 is 0 Å². The molecule has 1 amide bonds. The Balaban J connectivity index is 2.63. The Kier molecular flexibility index (Phi) is 4.97. The number of nitrogens with two attached hydrogens (primary N) is 1. The summed E-state index contributed by atoms with van der Waals surface area (Å²) in [7, 11) is 1.63. The van der Waals surface area contributed by atoms with Gasteiger partial charge in [0.1, 0.15) is 5.75 Å². The van der Waals surface area contributed by atoms with Crippen molar-refractivity contribution in [3.05, 3.63) is 29.8 Å². The molecule has 0 radical (unpaired) electrons. The molecular formula is C13H20N2O2. The number of hydrogen-bond donors (Lipinski definition) is 2. The second-order valence-electron chi connectivity index (χ2n) is 4.02. The summed E-state index contributed by atoms with van der Waals surface area (Å²) in [4.78, 5) is 11.6. The molecule has 94 valence electrons. The lowest BCUT2D eigenvalue weighted by molar-refractivity contribution is -0.123. The number of methoxy groups -OCH3 is 1. The maximum Gasteiger partial charge on any atom is 0.237 e. The fraction of sp³-hybridized carbons (Fsp3) is 0.462. The SMILES string of the molecule is CCC(N)C(=O)NC(C)c1ccc(OC)cc1. The third-order valence-electron chi connectivity index (χ3n) is 2.75. The van der Waals surface area contributed by atoms with Crippen molar-refractivity contribution in [2.45, 2.75) is 32.4 Å². The van der Waals surface area contributed by atoms with E-state index in [1.165, 1.54) is 0 Å². The number of carbonyl (C=O) groups excluding carboxylic acids is 1. The molecule has 0 bridgehead atoms. The summed E-state index contributed by atoms with van der Waals surface area (Å²) in [6, 6.07) is 7.12. The maximum absolute atomic E-state index is 11.6. The zero-order valence-electron chi connectivity index (χ0n) is 10.6. The highest BCUT2D eigenvalue weighted by atomic mass is 16.5. The second-order valence-corrected chi connectivity index (χ2v) is 4.02. The fourth-order valence-electron chi connectivity index (χ4n) is 1.48. The number of rotatable bonds is 5. The molecule has 1 aromatic rings. The van der Waals surface area contributed by atoms with Crippen molar-refractivity contribution in [3.8, 4) is 5.75 Å². The van der Waals surface area contributed by atoms with E-state index in [9.17, 15) is 4.79 Å². The molecule has 2 unspecified atom stereocenters. The van der Waals surface area contributed by atoms with Crippen molar-refractivity contribution in [1.82, 2.24) is 5.32 Å². The van der Waals surface area contributed by atoms with Gasteiger partial charge in [-0.05, 0) is 31.0 Å². The average Bonchev–Trinajstić information content (AvgIpc) is 2.37. The molecule has 0 aliphatic heterocycles. The largest absolute Gasteiger partial charge is 0.497 e. The zero-order valence-corrected chi connectivity index (χ0v) is 10.6. The van der Waals surface area contributed by atoms with Gasteiger partial charge >= 0.3 is 0 Å². The number of ether oxygens (including phenoxy) is 1. The van der Waals surface area contributed by atoms with E-state index >= 15 is 0 Å². The molecule has 0 saturated carbocycles. The summed E-state index contributed by atoms with van der Waals surface area (Å²) in [6.45, 7) is 3.82. The van der Waals surface area contributed by atoms with Gasteiger partial charge in [-0.2, -0.15) is 0 Å². The molecule has 17 heavy (non-hydrogen) atoms. The minimum Gasteiger partial charge on any atom is -0.497 e. The van der Waals surface area contributed by atoms with Gasteiger partial charge in [0.25, 0.3) is 0 Å². The van der Waals surface area contributed by atoms with Gasteiger partial charge in [-0.3, -0.25) is 4.79 Å². The van der Waals surface area contributed by atoms with Crippen LogP contribution in [0.3, 0.4) is 0 Å². The van der Waals surface area contributed by atoms with Gasteiger partial charge in [0.05, 0.1) is 19.2 Å². The molecule has 4 heteroatoms. The average molecular weight is 236 g/mol. The third kappa shape index (κ3) is 3.75. The minimum absolute atomic E-state index is 0.0500. The van der Waals surface area contributed by atoms with Gasteiger partial charge in [-0.1, -0.05) is 19.1 Å². The van der Waals surface area contributed by atoms with Gasteiger partial charge in [0.2, 0.25) is 5.91 Å². The van der Waals surface area contributed by atoms with Gasteiger partial charge in [-0.25, -0.2) is 0 Å². The molecule has 1 aromatic carbocycles. The van der Waals surface area contributed by atoms with E-state index in [0.29, 0.717) is 6.42 Å². The first-order valence-corrected chi connectivity index (χ1v) is 5.78. The molecule has 0 aliphatic rings. The summed E-state index contributed by atoms with van der Waals surface area (Å²) in [5.41, 5.74) is 6.69. The van der Waals surface area contributed by atoms with Crippen molar-refractivity contribution in [2.24, 2.45) is 5.73 Å². The highest BCUT2D eigenvalue weighted by Gasteiger charge is 2.14. The minimum atomic E-state index is -0.435. The third-order valence-corrected chi connectivity index (χ3v) is 2.75. The van der Waals surface area contributed by atoms with Crippen LogP contribution in [0, 0.1) is 0 Å². The van der Waals surface area contributed by atoms with Crippen LogP contribution in [0.15, 0.2) is 24.3 Å². The van der Waals surface area contributed by atoms with Crippen molar-refractivity contribution < 1.29 is 9.53 Å². The number of carbonyl (C=O) groups is 1. The molecule has 0 heterocycles. The number of amides is 1. The van der Waals surface area contributed by atoms with E-state index in [4.69, 9.17) is 10.5 Å². The lowest BCUT2D eigenvalue weighted by Gasteiger charge is -2.17. The quantitative estimate of drug-likeness (QED) is 0.816. The van der Waals surface area contributed by atoms with E-state index in [2.05, 4.69) is 5.32 Å². The smallest absolute Gasteiger partial charge is 0.237 e. The van der Waals surface area contributed by atoms with Gasteiger partial charge < -0.3 is 15.8 Å². The zero-order chi connectivity index (χ0) is 12.8. The molecule has 4 nitrogen and oxygen atoms in total. The highest BCUT2D eigenvalue weighted by Crippen LogP contribution is 2.17. The summed E-state index contributed by atoms with van der Waals surface area (Å²) in [5.74, 6) is 0.688. The fourth-order valence-corrected chi connectivity index (χ4v) is 1.48. The topological polar surface area (TPSA) is 64.4 Å². The molecule has 0 spiro atoms. The van der Waals surface area contributed by atoms with Crippen molar-refractivity contribution in [1.29, 1.82) is 0 Å². The van der Waals surface area contributed by atoms with Crippen LogP contribution in [0.2, 0.25) is 0 Å². The molecule has 2 atom stereocenters. The Morgan fingerprint density at radius 3 is 2.47 bits per heavy atom. The second kappa shape index (κ2) is 6.25. The summed E-state index contributed by atoms with van der Waals surface area (Å²) in [6.07, 6.45) is 0.640. The first-order valence-electron chi connectivity index (χ1n) is 5.78. The normalized spacial score (nSPS) is 13.9. The van der Waals surface area contributed by atoms with E-state index in [1.54, 1.807) is 7.11 Å². The van der Waals surface area contributed by atoms with Crippen molar-refractivity contribution >= 4 is 5.91 Å². The number of benzene rings is 1. The van der Waals surface area contributed by atoms with E-state index in [-0.39, 0.29) is 11.9 Å². The van der Waals surface area contributed by atoms with E-state index in [1.807, 2.05) is 38.1 Å². The Hall–Kier alpha value is -1.55. The Morgan fingerprint density at radius 2 is 2.00 bits per heavy atom. The first-order chi connectivity index (χ1) is 8.08. The molecule has 0 aromatic heterocycles. The molecule has 0 saturated heterocycles.